The monoisotopic (exact) mass is 245 g/mol. The smallest absolute Gasteiger partial charge is 0.0634 e. The summed E-state index contributed by atoms with van der Waals surface area (Å²) < 4.78 is 0. The highest BCUT2D eigenvalue weighted by Crippen LogP contribution is 2.07. The van der Waals surface area contributed by atoms with Gasteiger partial charge < -0.3 is 28.3 Å². The van der Waals surface area contributed by atoms with Gasteiger partial charge in [0.05, 0.1) is 11.3 Å². The zero-order valence-electron chi connectivity index (χ0n) is 11.5. The molecule has 0 heterocycles. The summed E-state index contributed by atoms with van der Waals surface area (Å²) in [6.45, 7) is 5.93. The van der Waals surface area contributed by atoms with Gasteiger partial charge >= 0.3 is 0 Å². The SMILES string of the molecule is CCC(N)(N)CCCNCCCC(N)(N)CC. The van der Waals surface area contributed by atoms with Crippen LogP contribution in [0.2, 0.25) is 0 Å². The predicted octanol–water partition coefficient (Wildman–Crippen LogP) is 0.184. The van der Waals surface area contributed by atoms with Crippen LogP contribution in [0.15, 0.2) is 0 Å². The molecule has 9 N–H and O–H groups in total. The number of nitrogens with one attached hydrogen (secondary N) is 1. The lowest BCUT2D eigenvalue weighted by atomic mass is 10.0. The van der Waals surface area contributed by atoms with Crippen molar-refractivity contribution in [2.24, 2.45) is 22.9 Å². The fourth-order valence-electron chi connectivity index (χ4n) is 1.56. The molecule has 0 rings (SSSR count). The highest BCUT2D eigenvalue weighted by Gasteiger charge is 2.15. The van der Waals surface area contributed by atoms with E-state index in [0.29, 0.717) is 0 Å². The Morgan fingerprint density at radius 3 is 1.41 bits per heavy atom. The number of hydrogen-bond acceptors (Lipinski definition) is 5. The summed E-state index contributed by atoms with van der Waals surface area (Å²) in [4.78, 5) is 0. The highest BCUT2D eigenvalue weighted by molar-refractivity contribution is 4.76. The predicted molar refractivity (Wildman–Crippen MR) is 74.1 cm³/mol. The van der Waals surface area contributed by atoms with E-state index in [2.05, 4.69) is 5.32 Å². The average Bonchev–Trinajstić information content (AvgIpc) is 2.27. The first-order chi connectivity index (χ1) is 7.83. The number of nitrogens with two attached hydrogens (primary N) is 4. The van der Waals surface area contributed by atoms with Crippen molar-refractivity contribution in [2.45, 2.75) is 63.7 Å². The van der Waals surface area contributed by atoms with E-state index in [1.165, 1.54) is 0 Å². The Bertz CT molecular complexity index is 171. The molecule has 0 radical (unpaired) electrons. The van der Waals surface area contributed by atoms with Gasteiger partial charge in [-0.1, -0.05) is 13.8 Å². The molecule has 0 aromatic heterocycles. The summed E-state index contributed by atoms with van der Waals surface area (Å²) in [6, 6.07) is 0. The third-order valence-corrected chi connectivity index (χ3v) is 3.31. The molecule has 0 unspecified atom stereocenters. The molecule has 0 spiro atoms. The molecular formula is C12H31N5. The van der Waals surface area contributed by atoms with E-state index in [0.717, 1.165) is 51.6 Å². The molecule has 0 aliphatic heterocycles. The standard InChI is InChI=1S/C12H31N5/c1-3-11(13,14)7-5-9-17-10-6-8-12(15,16)4-2/h17H,3-10,13-16H2,1-2H3. The van der Waals surface area contributed by atoms with Crippen molar-refractivity contribution in [3.05, 3.63) is 0 Å². The van der Waals surface area contributed by atoms with E-state index in [1.54, 1.807) is 0 Å². The molecule has 0 aliphatic rings. The average molecular weight is 245 g/mol. The Kier molecular flexibility index (Phi) is 7.91. The maximum absolute atomic E-state index is 5.85. The van der Waals surface area contributed by atoms with Gasteiger partial charge in [0.1, 0.15) is 0 Å². The largest absolute Gasteiger partial charge is 0.317 e. The number of hydrogen-bond donors (Lipinski definition) is 5. The third kappa shape index (κ3) is 9.50. The van der Waals surface area contributed by atoms with Crippen molar-refractivity contribution in [2.75, 3.05) is 13.1 Å². The molecule has 0 saturated carbocycles. The van der Waals surface area contributed by atoms with Crippen LogP contribution in [0.25, 0.3) is 0 Å². The topological polar surface area (TPSA) is 116 Å². The minimum atomic E-state index is -0.506. The Morgan fingerprint density at radius 2 is 1.12 bits per heavy atom. The summed E-state index contributed by atoms with van der Waals surface area (Å²) in [5.74, 6) is 0. The van der Waals surface area contributed by atoms with Gasteiger partial charge in [-0.05, 0) is 51.6 Å². The molecule has 0 bridgehead atoms. The Hall–Kier alpha value is -0.200. The van der Waals surface area contributed by atoms with E-state index in [1.807, 2.05) is 13.8 Å². The van der Waals surface area contributed by atoms with Crippen molar-refractivity contribution in [1.82, 2.24) is 5.32 Å². The molecule has 5 nitrogen and oxygen atoms in total. The van der Waals surface area contributed by atoms with Crippen molar-refractivity contribution in [3.8, 4) is 0 Å². The van der Waals surface area contributed by atoms with Gasteiger partial charge in [-0.15, -0.1) is 0 Å². The second-order valence-corrected chi connectivity index (χ2v) is 5.13. The maximum atomic E-state index is 5.85. The molecule has 0 aromatic carbocycles. The van der Waals surface area contributed by atoms with Crippen LogP contribution in [0, 0.1) is 0 Å². The molecular weight excluding hydrogens is 214 g/mol. The van der Waals surface area contributed by atoms with Crippen molar-refractivity contribution < 1.29 is 0 Å². The second-order valence-electron chi connectivity index (χ2n) is 5.13. The van der Waals surface area contributed by atoms with Crippen LogP contribution in [0.4, 0.5) is 0 Å². The molecule has 0 atom stereocenters. The highest BCUT2D eigenvalue weighted by atomic mass is 15.0. The molecule has 0 saturated heterocycles. The quantitative estimate of drug-likeness (QED) is 0.278. The molecule has 5 heteroatoms. The zero-order chi connectivity index (χ0) is 13.4. The first kappa shape index (κ1) is 16.8. The van der Waals surface area contributed by atoms with Gasteiger partial charge in [-0.25, -0.2) is 0 Å². The van der Waals surface area contributed by atoms with E-state index in [-0.39, 0.29) is 0 Å². The van der Waals surface area contributed by atoms with E-state index in [4.69, 9.17) is 22.9 Å². The van der Waals surface area contributed by atoms with Crippen LogP contribution in [0.3, 0.4) is 0 Å². The lowest BCUT2D eigenvalue weighted by Gasteiger charge is -2.23. The van der Waals surface area contributed by atoms with Gasteiger partial charge in [0.25, 0.3) is 0 Å². The van der Waals surface area contributed by atoms with Gasteiger partial charge in [0, 0.05) is 0 Å². The second kappa shape index (κ2) is 8.00. The molecule has 0 aromatic rings. The van der Waals surface area contributed by atoms with E-state index in [9.17, 15) is 0 Å². The molecule has 0 aliphatic carbocycles. The fourth-order valence-corrected chi connectivity index (χ4v) is 1.56. The van der Waals surface area contributed by atoms with Crippen LogP contribution in [-0.4, -0.2) is 24.4 Å². The summed E-state index contributed by atoms with van der Waals surface area (Å²) >= 11 is 0. The first-order valence-corrected chi connectivity index (χ1v) is 6.69. The molecule has 104 valence electrons. The zero-order valence-corrected chi connectivity index (χ0v) is 11.5. The minimum absolute atomic E-state index is 0.506. The van der Waals surface area contributed by atoms with Crippen LogP contribution in [-0.2, 0) is 0 Å². The van der Waals surface area contributed by atoms with Crippen LogP contribution in [0.5, 0.6) is 0 Å². The molecule has 17 heavy (non-hydrogen) atoms. The summed E-state index contributed by atoms with van der Waals surface area (Å²) in [5, 5.41) is 3.36. The lowest BCUT2D eigenvalue weighted by molar-refractivity contribution is 0.366. The Labute approximate surface area is 106 Å². The van der Waals surface area contributed by atoms with Gasteiger partial charge in [-0.2, -0.15) is 0 Å². The van der Waals surface area contributed by atoms with Crippen LogP contribution in [0.1, 0.15) is 52.4 Å². The number of rotatable bonds is 10. The summed E-state index contributed by atoms with van der Waals surface area (Å²) in [6.07, 6.45) is 5.33. The van der Waals surface area contributed by atoms with Crippen molar-refractivity contribution in [1.29, 1.82) is 0 Å². The van der Waals surface area contributed by atoms with Gasteiger partial charge in [0.15, 0.2) is 0 Å². The summed E-state index contributed by atoms with van der Waals surface area (Å²) in [7, 11) is 0. The van der Waals surface area contributed by atoms with Gasteiger partial charge in [-0.3, -0.25) is 0 Å². The Balaban J connectivity index is 3.36. The minimum Gasteiger partial charge on any atom is -0.317 e. The third-order valence-electron chi connectivity index (χ3n) is 3.31. The van der Waals surface area contributed by atoms with E-state index >= 15 is 0 Å². The lowest BCUT2D eigenvalue weighted by Crippen LogP contribution is -2.49. The van der Waals surface area contributed by atoms with E-state index < -0.39 is 11.3 Å². The normalized spacial score (nSPS) is 13.1. The fraction of sp³-hybridized carbons (Fsp3) is 1.00. The Morgan fingerprint density at radius 1 is 0.765 bits per heavy atom. The van der Waals surface area contributed by atoms with Crippen molar-refractivity contribution >= 4 is 0 Å². The van der Waals surface area contributed by atoms with Crippen LogP contribution >= 0.6 is 0 Å². The summed E-state index contributed by atoms with van der Waals surface area (Å²) in [5.41, 5.74) is 22.4. The van der Waals surface area contributed by atoms with Gasteiger partial charge in [0.2, 0.25) is 0 Å². The molecule has 0 fully saturated rings. The van der Waals surface area contributed by atoms with Crippen molar-refractivity contribution in [3.63, 3.8) is 0 Å². The maximum Gasteiger partial charge on any atom is 0.0634 e. The van der Waals surface area contributed by atoms with Crippen LogP contribution < -0.4 is 28.3 Å². The first-order valence-electron chi connectivity index (χ1n) is 6.69. The molecule has 0 amide bonds.